The zero-order valence-electron chi connectivity index (χ0n) is 18.8. The second-order valence-electron chi connectivity index (χ2n) is 8.35. The maximum Gasteiger partial charge on any atom is 0.419 e. The molecule has 1 atom stereocenters. The van der Waals surface area contributed by atoms with Gasteiger partial charge in [-0.2, -0.15) is 13.2 Å². The van der Waals surface area contributed by atoms with Crippen LogP contribution in [0.5, 0.6) is 0 Å². The van der Waals surface area contributed by atoms with Crippen LogP contribution in [0.25, 0.3) is 0 Å². The number of nitrogens with two attached hydrogens (primary N) is 1. The third-order valence-electron chi connectivity index (χ3n) is 5.52. The van der Waals surface area contributed by atoms with Crippen molar-refractivity contribution in [3.05, 3.63) is 53.3 Å². The Morgan fingerprint density at radius 1 is 1.21 bits per heavy atom. The van der Waals surface area contributed by atoms with Crippen molar-refractivity contribution in [2.24, 2.45) is 5.73 Å². The number of halogens is 3. The Morgan fingerprint density at radius 3 is 2.38 bits per heavy atom. The summed E-state index contributed by atoms with van der Waals surface area (Å²) >= 11 is 0. The van der Waals surface area contributed by atoms with Gasteiger partial charge in [0.25, 0.3) is 0 Å². The SMILES string of the molecule is C[C@H](CNc1ncc(C(F)(F)F)cn1)NC(=O)NC1CCN(Cc2ccc(C(=N)N)cc2)CC1. The summed E-state index contributed by atoms with van der Waals surface area (Å²) in [4.78, 5) is 21.9. The smallest absolute Gasteiger partial charge is 0.384 e. The molecule has 1 aromatic heterocycles. The number of amides is 2. The Morgan fingerprint density at radius 2 is 1.82 bits per heavy atom. The number of carbonyl (C=O) groups is 1. The van der Waals surface area contributed by atoms with Crippen LogP contribution in [-0.4, -0.2) is 58.5 Å². The van der Waals surface area contributed by atoms with Gasteiger partial charge in [-0.3, -0.25) is 10.3 Å². The molecule has 2 heterocycles. The minimum absolute atomic E-state index is 0.0507. The Hall–Kier alpha value is -3.41. The predicted molar refractivity (Wildman–Crippen MR) is 122 cm³/mol. The fourth-order valence-corrected chi connectivity index (χ4v) is 3.60. The molecule has 0 unspecified atom stereocenters. The van der Waals surface area contributed by atoms with Crippen LogP contribution in [0.15, 0.2) is 36.7 Å². The number of nitrogen functional groups attached to an aromatic ring is 1. The maximum atomic E-state index is 12.6. The van der Waals surface area contributed by atoms with E-state index >= 15 is 0 Å². The third kappa shape index (κ3) is 7.58. The van der Waals surface area contributed by atoms with Gasteiger partial charge in [-0.15, -0.1) is 0 Å². The van der Waals surface area contributed by atoms with Gasteiger partial charge in [0.1, 0.15) is 5.84 Å². The van der Waals surface area contributed by atoms with Crippen molar-refractivity contribution in [1.29, 1.82) is 5.41 Å². The molecule has 1 aromatic carbocycles. The van der Waals surface area contributed by atoms with Gasteiger partial charge in [-0.05, 0) is 25.3 Å². The molecule has 0 bridgehead atoms. The van der Waals surface area contributed by atoms with E-state index in [2.05, 4.69) is 30.8 Å². The number of amidine groups is 1. The molecule has 2 aromatic rings. The molecule has 6 N–H and O–H groups in total. The number of rotatable bonds is 8. The molecular formula is C22H29F3N8O. The molecule has 1 aliphatic heterocycles. The minimum Gasteiger partial charge on any atom is -0.384 e. The molecule has 0 radical (unpaired) electrons. The summed E-state index contributed by atoms with van der Waals surface area (Å²) in [6.45, 7) is 4.53. The lowest BCUT2D eigenvalue weighted by atomic mass is 10.0. The summed E-state index contributed by atoms with van der Waals surface area (Å²) in [5.41, 5.74) is 6.42. The van der Waals surface area contributed by atoms with Crippen LogP contribution < -0.4 is 21.7 Å². The zero-order valence-corrected chi connectivity index (χ0v) is 18.8. The quantitative estimate of drug-likeness (QED) is 0.293. The number of hydrogen-bond acceptors (Lipinski definition) is 6. The number of nitrogens with zero attached hydrogens (tertiary/aromatic N) is 3. The third-order valence-corrected chi connectivity index (χ3v) is 5.52. The van der Waals surface area contributed by atoms with E-state index in [1.165, 1.54) is 0 Å². The number of hydrogen-bond donors (Lipinski definition) is 5. The van der Waals surface area contributed by atoms with E-state index in [-0.39, 0.29) is 36.4 Å². The molecular weight excluding hydrogens is 449 g/mol. The Balaban J connectivity index is 1.34. The monoisotopic (exact) mass is 478 g/mol. The topological polar surface area (TPSA) is 132 Å². The van der Waals surface area contributed by atoms with Crippen molar-refractivity contribution in [1.82, 2.24) is 25.5 Å². The lowest BCUT2D eigenvalue weighted by Gasteiger charge is -2.32. The van der Waals surface area contributed by atoms with Crippen LogP contribution >= 0.6 is 0 Å². The van der Waals surface area contributed by atoms with E-state index in [0.29, 0.717) is 18.0 Å². The van der Waals surface area contributed by atoms with Crippen LogP contribution in [0.2, 0.25) is 0 Å². The van der Waals surface area contributed by atoms with Gasteiger partial charge in [-0.25, -0.2) is 14.8 Å². The van der Waals surface area contributed by atoms with Gasteiger partial charge < -0.3 is 21.7 Å². The molecule has 2 amide bonds. The number of piperidine rings is 1. The fourth-order valence-electron chi connectivity index (χ4n) is 3.60. The largest absolute Gasteiger partial charge is 0.419 e. The minimum atomic E-state index is -4.48. The highest BCUT2D eigenvalue weighted by atomic mass is 19.4. The van der Waals surface area contributed by atoms with Crippen molar-refractivity contribution < 1.29 is 18.0 Å². The first-order valence-corrected chi connectivity index (χ1v) is 11.0. The van der Waals surface area contributed by atoms with Gasteiger partial charge in [0.2, 0.25) is 5.95 Å². The molecule has 184 valence electrons. The van der Waals surface area contributed by atoms with Crippen LogP contribution in [0.4, 0.5) is 23.9 Å². The first-order valence-electron chi connectivity index (χ1n) is 11.0. The molecule has 3 rings (SSSR count). The van der Waals surface area contributed by atoms with Gasteiger partial charge >= 0.3 is 12.2 Å². The summed E-state index contributed by atoms with van der Waals surface area (Å²) < 4.78 is 37.7. The molecule has 0 saturated carbocycles. The predicted octanol–water partition coefficient (Wildman–Crippen LogP) is 2.54. The van der Waals surface area contributed by atoms with Crippen LogP contribution in [0.3, 0.4) is 0 Å². The number of benzene rings is 1. The van der Waals surface area contributed by atoms with Gasteiger partial charge in [-0.1, -0.05) is 24.3 Å². The number of carbonyl (C=O) groups excluding carboxylic acids is 1. The zero-order chi connectivity index (χ0) is 24.7. The molecule has 9 nitrogen and oxygen atoms in total. The van der Waals surface area contributed by atoms with Crippen molar-refractivity contribution in [3.63, 3.8) is 0 Å². The second kappa shape index (κ2) is 11.1. The highest BCUT2D eigenvalue weighted by molar-refractivity contribution is 5.94. The Kier molecular flexibility index (Phi) is 8.26. The molecule has 0 aliphatic carbocycles. The lowest BCUT2D eigenvalue weighted by Crippen LogP contribution is -2.50. The van der Waals surface area contributed by atoms with E-state index in [1.807, 2.05) is 24.3 Å². The first kappa shape index (κ1) is 25.2. The highest BCUT2D eigenvalue weighted by Crippen LogP contribution is 2.28. The van der Waals surface area contributed by atoms with E-state index in [9.17, 15) is 18.0 Å². The first-order chi connectivity index (χ1) is 16.1. The van der Waals surface area contributed by atoms with Gasteiger partial charge in [0.15, 0.2) is 0 Å². The van der Waals surface area contributed by atoms with Gasteiger partial charge in [0.05, 0.1) is 5.56 Å². The summed E-state index contributed by atoms with van der Waals surface area (Å²) in [6.07, 6.45) is -1.40. The van der Waals surface area contributed by atoms with Crippen LogP contribution in [0.1, 0.15) is 36.5 Å². The van der Waals surface area contributed by atoms with E-state index in [0.717, 1.165) is 38.0 Å². The van der Waals surface area contributed by atoms with Crippen molar-refractivity contribution in [2.45, 2.75) is 44.6 Å². The lowest BCUT2D eigenvalue weighted by molar-refractivity contribution is -0.138. The molecule has 12 heteroatoms. The van der Waals surface area contributed by atoms with E-state index in [1.54, 1.807) is 6.92 Å². The van der Waals surface area contributed by atoms with Crippen LogP contribution in [0, 0.1) is 5.41 Å². The molecule has 34 heavy (non-hydrogen) atoms. The number of anilines is 1. The molecule has 1 saturated heterocycles. The Labute approximate surface area is 195 Å². The van der Waals surface area contributed by atoms with Crippen LogP contribution in [-0.2, 0) is 12.7 Å². The summed E-state index contributed by atoms with van der Waals surface area (Å²) in [7, 11) is 0. The number of nitrogens with one attached hydrogen (secondary N) is 4. The second-order valence-corrected chi connectivity index (χ2v) is 8.35. The van der Waals surface area contributed by atoms with Crippen molar-refractivity contribution >= 4 is 17.8 Å². The number of alkyl halides is 3. The maximum absolute atomic E-state index is 12.6. The Bertz CT molecular complexity index is 958. The summed E-state index contributed by atoms with van der Waals surface area (Å²) in [5, 5.41) is 16.1. The van der Waals surface area contributed by atoms with Gasteiger partial charge in [0, 0.05) is 56.2 Å². The number of aromatic nitrogens is 2. The summed E-state index contributed by atoms with van der Waals surface area (Å²) in [5.74, 6) is 0.111. The number of urea groups is 1. The van der Waals surface area contributed by atoms with E-state index in [4.69, 9.17) is 11.1 Å². The molecule has 1 aliphatic rings. The fraction of sp³-hybridized carbons (Fsp3) is 0.455. The average molecular weight is 479 g/mol. The normalized spacial score (nSPS) is 16.0. The average Bonchev–Trinajstić information content (AvgIpc) is 2.79. The summed E-state index contributed by atoms with van der Waals surface area (Å²) in [6, 6.07) is 7.12. The molecule has 0 spiro atoms. The highest BCUT2D eigenvalue weighted by Gasteiger charge is 2.31. The molecule has 1 fully saturated rings. The van der Waals surface area contributed by atoms with E-state index < -0.39 is 11.7 Å². The standard InChI is InChI=1S/C22H29F3N8O/c1-14(10-28-20-29-11-17(12-30-20)22(23,24)25)31-21(34)32-18-6-8-33(9-7-18)13-15-2-4-16(5-3-15)19(26)27/h2-5,11-12,14,18H,6-10,13H2,1H3,(H3,26,27)(H,28,29,30)(H2,31,32,34)/t14-/m1/s1. The van der Waals surface area contributed by atoms with Crippen molar-refractivity contribution in [3.8, 4) is 0 Å². The van der Waals surface area contributed by atoms with Crippen molar-refractivity contribution in [2.75, 3.05) is 25.0 Å². The number of likely N-dealkylation sites (tertiary alicyclic amines) is 1.